The molecule has 2 rings (SSSR count). The molecular weight excluding hydrogens is 211 g/mol. The van der Waals surface area contributed by atoms with E-state index in [1.165, 1.54) is 24.6 Å². The van der Waals surface area contributed by atoms with Crippen molar-refractivity contribution in [3.05, 3.63) is 17.3 Å². The van der Waals surface area contributed by atoms with Crippen molar-refractivity contribution in [2.45, 2.75) is 0 Å². The Hall–Kier alpha value is -1.56. The Bertz CT molecular complexity index is 538. The van der Waals surface area contributed by atoms with E-state index in [-0.39, 0.29) is 0 Å². The molecular formula is C9H7BN2O2S. The van der Waals surface area contributed by atoms with E-state index in [0.717, 1.165) is 4.70 Å². The maximum Gasteiger partial charge on any atom is 0.350 e. The van der Waals surface area contributed by atoms with Gasteiger partial charge in [0.25, 0.3) is 0 Å². The first-order chi connectivity index (χ1) is 7.15. The third-order valence-corrected chi connectivity index (χ3v) is 3.16. The Morgan fingerprint density at radius 3 is 2.93 bits per heavy atom. The number of hydrogen-bond acceptors (Lipinski definition) is 5. The first kappa shape index (κ1) is 9.98. The molecule has 6 heteroatoms. The predicted octanol–water partition coefficient (Wildman–Crippen LogP) is 0.459. The molecule has 2 radical (unpaired) electrons. The molecule has 0 fully saturated rings. The number of ether oxygens (including phenoxy) is 1. The molecule has 0 aliphatic heterocycles. The summed E-state index contributed by atoms with van der Waals surface area (Å²) in [4.78, 5) is 15.7. The molecule has 0 unspecified atom stereocenters. The highest BCUT2D eigenvalue weighted by Crippen LogP contribution is 2.31. The van der Waals surface area contributed by atoms with Crippen LogP contribution in [0, 0.1) is 0 Å². The second-order valence-corrected chi connectivity index (χ2v) is 3.99. The van der Waals surface area contributed by atoms with Crippen LogP contribution >= 0.6 is 11.3 Å². The number of hydrogen-bond donors (Lipinski definition) is 1. The van der Waals surface area contributed by atoms with Crippen molar-refractivity contribution < 1.29 is 9.53 Å². The highest BCUT2D eigenvalue weighted by molar-refractivity contribution is 7.21. The zero-order chi connectivity index (χ0) is 11.0. The normalized spacial score (nSPS) is 10.5. The molecule has 0 saturated heterocycles. The number of nitrogens with two attached hydrogens (primary N) is 1. The minimum Gasteiger partial charge on any atom is -0.465 e. The number of anilines is 1. The van der Waals surface area contributed by atoms with Crippen LogP contribution in [0.15, 0.2) is 12.4 Å². The van der Waals surface area contributed by atoms with E-state index in [2.05, 4.69) is 9.72 Å². The zero-order valence-electron chi connectivity index (χ0n) is 7.98. The maximum absolute atomic E-state index is 11.4. The van der Waals surface area contributed by atoms with Crippen LogP contribution in [0.5, 0.6) is 0 Å². The molecule has 0 aliphatic rings. The SMILES string of the molecule is [B]c1cncc2sc(C(=O)OC)c(N)c12. The van der Waals surface area contributed by atoms with Gasteiger partial charge in [0, 0.05) is 17.8 Å². The van der Waals surface area contributed by atoms with Crippen molar-refractivity contribution in [3.63, 3.8) is 0 Å². The van der Waals surface area contributed by atoms with Crippen LogP contribution in [-0.2, 0) is 4.74 Å². The van der Waals surface area contributed by atoms with Gasteiger partial charge in [-0.25, -0.2) is 4.79 Å². The average Bonchev–Trinajstić information content (AvgIpc) is 2.56. The Morgan fingerprint density at radius 2 is 2.33 bits per heavy atom. The van der Waals surface area contributed by atoms with Gasteiger partial charge in [0.05, 0.1) is 17.5 Å². The molecule has 2 N–H and O–H groups in total. The minimum absolute atomic E-state index is 0.363. The lowest BCUT2D eigenvalue weighted by Gasteiger charge is -1.98. The molecule has 0 aliphatic carbocycles. The van der Waals surface area contributed by atoms with Crippen LogP contribution in [0.3, 0.4) is 0 Å². The number of esters is 1. The average molecular weight is 218 g/mol. The smallest absolute Gasteiger partial charge is 0.350 e. The molecule has 0 amide bonds. The Kier molecular flexibility index (Phi) is 2.36. The molecule has 4 nitrogen and oxygen atoms in total. The van der Waals surface area contributed by atoms with Gasteiger partial charge >= 0.3 is 5.97 Å². The quantitative estimate of drug-likeness (QED) is 0.557. The topological polar surface area (TPSA) is 65.2 Å². The molecule has 74 valence electrons. The summed E-state index contributed by atoms with van der Waals surface area (Å²) in [5.74, 6) is -0.451. The molecule has 0 atom stereocenters. The van der Waals surface area contributed by atoms with Crippen molar-refractivity contribution >= 4 is 46.4 Å². The Morgan fingerprint density at radius 1 is 1.60 bits per heavy atom. The van der Waals surface area contributed by atoms with Gasteiger partial charge in [-0.1, -0.05) is 5.46 Å². The number of pyridine rings is 1. The van der Waals surface area contributed by atoms with Crippen molar-refractivity contribution in [2.75, 3.05) is 12.8 Å². The summed E-state index contributed by atoms with van der Waals surface area (Å²) in [6.07, 6.45) is 3.13. The zero-order valence-corrected chi connectivity index (χ0v) is 8.80. The lowest BCUT2D eigenvalue weighted by atomic mass is 9.94. The van der Waals surface area contributed by atoms with E-state index < -0.39 is 5.97 Å². The number of rotatable bonds is 1. The van der Waals surface area contributed by atoms with Crippen LogP contribution in [0.4, 0.5) is 5.69 Å². The molecule has 2 aromatic rings. The lowest BCUT2D eigenvalue weighted by molar-refractivity contribution is 0.0607. The van der Waals surface area contributed by atoms with Gasteiger partial charge in [0.15, 0.2) is 0 Å². The summed E-state index contributed by atoms with van der Waals surface area (Å²) in [6, 6.07) is 0. The van der Waals surface area contributed by atoms with E-state index in [9.17, 15) is 4.79 Å². The molecule has 15 heavy (non-hydrogen) atoms. The van der Waals surface area contributed by atoms with Crippen LogP contribution in [-0.4, -0.2) is 25.9 Å². The molecule has 0 aromatic carbocycles. The van der Waals surface area contributed by atoms with Gasteiger partial charge < -0.3 is 10.5 Å². The van der Waals surface area contributed by atoms with Gasteiger partial charge in [-0.05, 0) is 0 Å². The van der Waals surface area contributed by atoms with Gasteiger partial charge in [0.2, 0.25) is 0 Å². The van der Waals surface area contributed by atoms with E-state index in [0.29, 0.717) is 21.4 Å². The summed E-state index contributed by atoms with van der Waals surface area (Å²) >= 11 is 1.23. The number of fused-ring (bicyclic) bond motifs is 1. The fourth-order valence-corrected chi connectivity index (χ4v) is 2.39. The summed E-state index contributed by atoms with van der Waals surface area (Å²) in [7, 11) is 7.04. The monoisotopic (exact) mass is 218 g/mol. The largest absolute Gasteiger partial charge is 0.465 e. The molecule has 0 spiro atoms. The first-order valence-corrected chi connectivity index (χ1v) is 4.96. The lowest BCUT2D eigenvalue weighted by Crippen LogP contribution is -2.07. The van der Waals surface area contributed by atoms with Crippen LogP contribution in [0.25, 0.3) is 10.1 Å². The second-order valence-electron chi connectivity index (χ2n) is 2.94. The molecule has 2 aromatic heterocycles. The Labute approximate surface area is 91.5 Å². The van der Waals surface area contributed by atoms with Crippen molar-refractivity contribution in [1.29, 1.82) is 0 Å². The standard InChI is InChI=1S/C9H7BN2O2S/c1-14-9(13)8-7(11)6-4(10)2-12-3-5(6)15-8/h2-3H,11H2,1H3. The summed E-state index contributed by atoms with van der Waals surface area (Å²) in [6.45, 7) is 0. The van der Waals surface area contributed by atoms with Crippen molar-refractivity contribution in [2.24, 2.45) is 0 Å². The summed E-state index contributed by atoms with van der Waals surface area (Å²) < 4.78 is 5.40. The van der Waals surface area contributed by atoms with E-state index in [1.807, 2.05) is 0 Å². The van der Waals surface area contributed by atoms with E-state index in [1.54, 1.807) is 6.20 Å². The summed E-state index contributed by atoms with van der Waals surface area (Å²) in [5.41, 5.74) is 6.65. The minimum atomic E-state index is -0.451. The number of methoxy groups -OCH3 is 1. The fraction of sp³-hybridized carbons (Fsp3) is 0.111. The number of carbonyl (C=O) groups is 1. The third-order valence-electron chi connectivity index (χ3n) is 2.04. The van der Waals surface area contributed by atoms with Gasteiger partial charge in [-0.2, -0.15) is 0 Å². The van der Waals surface area contributed by atoms with Crippen molar-refractivity contribution in [1.82, 2.24) is 4.98 Å². The number of carbonyl (C=O) groups excluding carboxylic acids is 1. The van der Waals surface area contributed by atoms with Crippen LogP contribution in [0.1, 0.15) is 9.67 Å². The van der Waals surface area contributed by atoms with Crippen molar-refractivity contribution in [3.8, 4) is 0 Å². The number of nitrogen functional groups attached to an aromatic ring is 1. The first-order valence-electron chi connectivity index (χ1n) is 4.15. The van der Waals surface area contributed by atoms with Crippen LogP contribution < -0.4 is 11.2 Å². The maximum atomic E-state index is 11.4. The van der Waals surface area contributed by atoms with E-state index in [4.69, 9.17) is 13.6 Å². The van der Waals surface area contributed by atoms with Gasteiger partial charge in [-0.3, -0.25) is 4.98 Å². The molecule has 0 bridgehead atoms. The number of aromatic nitrogens is 1. The van der Waals surface area contributed by atoms with Crippen LogP contribution in [0.2, 0.25) is 0 Å². The molecule has 2 heterocycles. The fourth-order valence-electron chi connectivity index (χ4n) is 1.35. The predicted molar refractivity (Wildman–Crippen MR) is 60.8 cm³/mol. The summed E-state index contributed by atoms with van der Waals surface area (Å²) in [5, 5.41) is 0.676. The number of thiophene rings is 1. The highest BCUT2D eigenvalue weighted by Gasteiger charge is 2.17. The van der Waals surface area contributed by atoms with E-state index >= 15 is 0 Å². The van der Waals surface area contributed by atoms with Gasteiger partial charge in [0.1, 0.15) is 12.7 Å². The highest BCUT2D eigenvalue weighted by atomic mass is 32.1. The third kappa shape index (κ3) is 1.46. The Balaban J connectivity index is 2.75. The molecule has 0 saturated carbocycles. The number of nitrogens with zero attached hydrogens (tertiary/aromatic N) is 1. The van der Waals surface area contributed by atoms with Gasteiger partial charge in [-0.15, -0.1) is 11.3 Å². The second kappa shape index (κ2) is 3.54.